The highest BCUT2D eigenvalue weighted by molar-refractivity contribution is 5.84. The fourth-order valence-electron chi connectivity index (χ4n) is 4.52. The number of imidazole rings is 1. The Morgan fingerprint density at radius 2 is 1.79 bits per heavy atom. The molecule has 0 bridgehead atoms. The van der Waals surface area contributed by atoms with Crippen LogP contribution in [0.2, 0.25) is 0 Å². The van der Waals surface area contributed by atoms with E-state index in [1.165, 1.54) is 12.3 Å². The van der Waals surface area contributed by atoms with E-state index in [4.69, 9.17) is 0 Å². The Kier molecular flexibility index (Phi) is 4.29. The van der Waals surface area contributed by atoms with Gasteiger partial charge in [0.15, 0.2) is 5.65 Å². The van der Waals surface area contributed by atoms with E-state index in [-0.39, 0.29) is 17.4 Å². The predicted octanol–water partition coefficient (Wildman–Crippen LogP) is 4.22. The molecule has 1 saturated carbocycles. The first-order chi connectivity index (χ1) is 16.3. The number of hydrogen-bond acceptors (Lipinski definition) is 4. The fraction of sp³-hybridized carbons (Fsp3) is 0.167. The molecular weight excluding hydrogens is 447 g/mol. The number of aromatic amines is 2. The second kappa shape index (κ2) is 7.14. The van der Waals surface area contributed by atoms with Gasteiger partial charge in [-0.25, -0.2) is 14.3 Å². The Morgan fingerprint density at radius 3 is 2.59 bits per heavy atom. The number of hydrogen-bond donors (Lipinski definition) is 2. The van der Waals surface area contributed by atoms with E-state index in [1.54, 1.807) is 23.0 Å². The average molecular weight is 463 g/mol. The molecule has 0 amide bonds. The zero-order valence-electron chi connectivity index (χ0n) is 17.4. The van der Waals surface area contributed by atoms with Crippen LogP contribution in [-0.2, 0) is 6.18 Å². The number of nitrogens with zero attached hydrogens (tertiary/aromatic N) is 3. The van der Waals surface area contributed by atoms with Crippen LogP contribution in [0.25, 0.3) is 27.7 Å². The number of benzene rings is 2. The maximum Gasteiger partial charge on any atom is 0.416 e. The van der Waals surface area contributed by atoms with E-state index in [0.29, 0.717) is 16.7 Å². The topological polar surface area (TPSA) is 95.9 Å². The Bertz CT molecular complexity index is 1700. The van der Waals surface area contributed by atoms with E-state index in [1.807, 2.05) is 18.2 Å². The van der Waals surface area contributed by atoms with Crippen LogP contribution in [-0.4, -0.2) is 24.6 Å². The van der Waals surface area contributed by atoms with Crippen LogP contribution < -0.4 is 11.2 Å². The van der Waals surface area contributed by atoms with Crippen LogP contribution in [0.15, 0.2) is 70.6 Å². The summed E-state index contributed by atoms with van der Waals surface area (Å²) in [7, 11) is 0. The average Bonchev–Trinajstić information content (AvgIpc) is 3.45. The van der Waals surface area contributed by atoms with Crippen molar-refractivity contribution >= 4 is 16.4 Å². The van der Waals surface area contributed by atoms with E-state index < -0.39 is 23.0 Å². The number of nitrogens with one attached hydrogen (secondary N) is 2. The lowest BCUT2D eigenvalue weighted by Crippen LogP contribution is -2.23. The SMILES string of the molecule is O=c1[nH]cc(-c2cc([C@H]3C[C@@H]3c3ccc4cc(C(F)(F)F)ccc4c3)c3nccn3n2)c(=O)[nH]1. The molecule has 3 aromatic heterocycles. The quantitative estimate of drug-likeness (QED) is 0.419. The van der Waals surface area contributed by atoms with Gasteiger partial charge in [0.1, 0.15) is 0 Å². The number of alkyl halides is 3. The molecule has 3 heterocycles. The Hall–Kier alpha value is -4.21. The Labute approximate surface area is 188 Å². The molecule has 1 fully saturated rings. The van der Waals surface area contributed by atoms with Gasteiger partial charge >= 0.3 is 11.9 Å². The van der Waals surface area contributed by atoms with Gasteiger partial charge in [0.25, 0.3) is 5.56 Å². The predicted molar refractivity (Wildman–Crippen MR) is 119 cm³/mol. The normalized spacial score (nSPS) is 18.0. The summed E-state index contributed by atoms with van der Waals surface area (Å²) in [6.07, 6.45) is 1.10. The van der Waals surface area contributed by atoms with Crippen LogP contribution in [0.4, 0.5) is 13.2 Å². The van der Waals surface area contributed by atoms with Crippen molar-refractivity contribution in [3.8, 4) is 11.3 Å². The Balaban J connectivity index is 1.38. The van der Waals surface area contributed by atoms with Gasteiger partial charge in [-0.1, -0.05) is 24.3 Å². The summed E-state index contributed by atoms with van der Waals surface area (Å²) < 4.78 is 40.7. The van der Waals surface area contributed by atoms with Crippen molar-refractivity contribution < 1.29 is 13.2 Å². The van der Waals surface area contributed by atoms with Crippen LogP contribution in [0, 0.1) is 0 Å². The van der Waals surface area contributed by atoms with Crippen molar-refractivity contribution in [3.05, 3.63) is 98.6 Å². The number of rotatable bonds is 3. The molecule has 0 aliphatic heterocycles. The van der Waals surface area contributed by atoms with E-state index in [0.717, 1.165) is 35.1 Å². The molecule has 2 atom stereocenters. The second-order valence-corrected chi connectivity index (χ2v) is 8.43. The number of halogens is 3. The van der Waals surface area contributed by atoms with Gasteiger partial charge < -0.3 is 4.98 Å². The smallest absolute Gasteiger partial charge is 0.313 e. The molecule has 0 spiro atoms. The molecule has 0 unspecified atom stereocenters. The van der Waals surface area contributed by atoms with Gasteiger partial charge in [0.05, 0.1) is 16.8 Å². The monoisotopic (exact) mass is 463 g/mol. The molecule has 7 nitrogen and oxygen atoms in total. The standard InChI is InChI=1S/C24H16F3N5O2/c25-24(26,27)15-4-3-12-7-14(2-1-13(12)8-15)16-9-17(16)18-10-20(31-32-6-5-28-21(18)32)19-11-29-23(34)30-22(19)33/h1-8,10-11,16-17H,9H2,(H2,29,30,33,34)/t16-,17+/m1/s1. The van der Waals surface area contributed by atoms with Crippen molar-refractivity contribution in [2.75, 3.05) is 0 Å². The summed E-state index contributed by atoms with van der Waals surface area (Å²) >= 11 is 0. The van der Waals surface area contributed by atoms with Crippen molar-refractivity contribution in [1.29, 1.82) is 0 Å². The lowest BCUT2D eigenvalue weighted by atomic mass is 9.99. The summed E-state index contributed by atoms with van der Waals surface area (Å²) in [4.78, 5) is 32.8. The summed E-state index contributed by atoms with van der Waals surface area (Å²) in [5.74, 6) is 0.275. The third kappa shape index (κ3) is 3.38. The number of fused-ring (bicyclic) bond motifs is 2. The molecule has 34 heavy (non-hydrogen) atoms. The molecule has 2 N–H and O–H groups in total. The minimum absolute atomic E-state index is 0.111. The number of aromatic nitrogens is 5. The summed E-state index contributed by atoms with van der Waals surface area (Å²) in [6.45, 7) is 0. The highest BCUT2D eigenvalue weighted by Crippen LogP contribution is 2.56. The first-order valence-electron chi connectivity index (χ1n) is 10.6. The third-order valence-corrected chi connectivity index (χ3v) is 6.29. The van der Waals surface area contributed by atoms with Gasteiger partial charge in [-0.2, -0.15) is 18.3 Å². The maximum atomic E-state index is 13.0. The van der Waals surface area contributed by atoms with E-state index in [2.05, 4.69) is 20.1 Å². The molecular formula is C24H16F3N5O2. The molecule has 6 rings (SSSR count). The van der Waals surface area contributed by atoms with Gasteiger partial charge in [-0.15, -0.1) is 0 Å². The minimum Gasteiger partial charge on any atom is -0.313 e. The molecule has 0 radical (unpaired) electrons. The highest BCUT2D eigenvalue weighted by Gasteiger charge is 2.41. The van der Waals surface area contributed by atoms with Crippen molar-refractivity contribution in [2.45, 2.75) is 24.4 Å². The van der Waals surface area contributed by atoms with E-state index in [9.17, 15) is 22.8 Å². The third-order valence-electron chi connectivity index (χ3n) is 6.29. The zero-order chi connectivity index (χ0) is 23.6. The summed E-state index contributed by atoms with van der Waals surface area (Å²) in [5.41, 5.74) is 1.45. The molecule has 0 saturated heterocycles. The van der Waals surface area contributed by atoms with Crippen molar-refractivity contribution in [1.82, 2.24) is 24.6 Å². The molecule has 1 aliphatic carbocycles. The number of H-pyrrole nitrogens is 2. The lowest BCUT2D eigenvalue weighted by molar-refractivity contribution is -0.137. The molecule has 1 aliphatic rings. The van der Waals surface area contributed by atoms with Crippen LogP contribution >= 0.6 is 0 Å². The van der Waals surface area contributed by atoms with Crippen LogP contribution in [0.5, 0.6) is 0 Å². The van der Waals surface area contributed by atoms with Crippen LogP contribution in [0.1, 0.15) is 34.9 Å². The van der Waals surface area contributed by atoms with Crippen molar-refractivity contribution in [3.63, 3.8) is 0 Å². The second-order valence-electron chi connectivity index (χ2n) is 8.43. The van der Waals surface area contributed by atoms with Gasteiger partial charge in [0.2, 0.25) is 0 Å². The van der Waals surface area contributed by atoms with Crippen LogP contribution in [0.3, 0.4) is 0 Å². The van der Waals surface area contributed by atoms with E-state index >= 15 is 0 Å². The summed E-state index contributed by atoms with van der Waals surface area (Å²) in [6, 6.07) is 11.1. The van der Waals surface area contributed by atoms with Crippen molar-refractivity contribution in [2.24, 2.45) is 0 Å². The maximum absolute atomic E-state index is 13.0. The molecule has 10 heteroatoms. The fourth-order valence-corrected chi connectivity index (χ4v) is 4.52. The van der Waals surface area contributed by atoms with Gasteiger partial charge in [-0.05, 0) is 52.8 Å². The summed E-state index contributed by atoms with van der Waals surface area (Å²) in [5, 5.41) is 5.74. The molecule has 5 aromatic rings. The first kappa shape index (κ1) is 20.4. The molecule has 170 valence electrons. The lowest BCUT2D eigenvalue weighted by Gasteiger charge is -2.10. The largest absolute Gasteiger partial charge is 0.416 e. The van der Waals surface area contributed by atoms with Gasteiger partial charge in [-0.3, -0.25) is 9.78 Å². The molecule has 2 aromatic carbocycles. The first-order valence-corrected chi connectivity index (χ1v) is 10.6. The Morgan fingerprint density at radius 1 is 1.00 bits per heavy atom. The van der Waals surface area contributed by atoms with Gasteiger partial charge in [0, 0.05) is 24.2 Å². The highest BCUT2D eigenvalue weighted by atomic mass is 19.4. The zero-order valence-corrected chi connectivity index (χ0v) is 17.4. The minimum atomic E-state index is -4.38.